The Hall–Kier alpha value is -5.25. The number of ether oxygens (including phenoxy) is 2. The van der Waals surface area contributed by atoms with Gasteiger partial charge in [-0.3, -0.25) is 19.2 Å². The Morgan fingerprint density at radius 3 is 1.98 bits per heavy atom. The summed E-state index contributed by atoms with van der Waals surface area (Å²) in [4.78, 5) is 57.4. The van der Waals surface area contributed by atoms with Crippen molar-refractivity contribution >= 4 is 41.6 Å². The normalized spacial score (nSPS) is 19.2. The van der Waals surface area contributed by atoms with E-state index in [0.717, 1.165) is 44.8 Å². The molecule has 0 fully saturated rings. The number of H-pyrrole nitrogens is 1. The predicted octanol–water partition coefficient (Wildman–Crippen LogP) is 4.98. The fourth-order valence-electron chi connectivity index (χ4n) is 5.52. The van der Waals surface area contributed by atoms with Gasteiger partial charge in [0.05, 0.1) is 31.3 Å². The third kappa shape index (κ3) is 6.64. The van der Waals surface area contributed by atoms with Gasteiger partial charge in [0.2, 0.25) is 0 Å². The monoisotopic (exact) mass is 610 g/mol. The zero-order valence-corrected chi connectivity index (χ0v) is 26.5. The number of rotatable bonds is 11. The van der Waals surface area contributed by atoms with Gasteiger partial charge in [-0.15, -0.1) is 0 Å². The van der Waals surface area contributed by atoms with Gasteiger partial charge in [0.1, 0.15) is 0 Å². The van der Waals surface area contributed by atoms with Crippen LogP contribution < -0.4 is 10.6 Å². The number of hydrogen-bond acceptors (Lipinski definition) is 7. The molecule has 10 nitrogen and oxygen atoms in total. The van der Waals surface area contributed by atoms with Gasteiger partial charge in [-0.05, 0) is 86.6 Å². The van der Waals surface area contributed by atoms with Crippen LogP contribution >= 0.6 is 0 Å². The molecule has 10 heteroatoms. The summed E-state index contributed by atoms with van der Waals surface area (Å²) in [5.41, 5.74) is 10.1. The summed E-state index contributed by atoms with van der Waals surface area (Å²) in [7, 11) is 2.70. The van der Waals surface area contributed by atoms with Gasteiger partial charge in [0.25, 0.3) is 11.8 Å². The molecule has 0 radical (unpaired) electrons. The molecule has 3 N–H and O–H groups in total. The Labute approximate surface area is 262 Å². The van der Waals surface area contributed by atoms with Crippen molar-refractivity contribution in [3.05, 3.63) is 104 Å². The summed E-state index contributed by atoms with van der Waals surface area (Å²) in [5.74, 6) is -1.09. The summed E-state index contributed by atoms with van der Waals surface area (Å²) in [6.45, 7) is 15.1. The highest BCUT2D eigenvalue weighted by atomic mass is 16.5. The molecular weight excluding hydrogens is 572 g/mol. The van der Waals surface area contributed by atoms with Gasteiger partial charge in [0, 0.05) is 46.6 Å². The van der Waals surface area contributed by atoms with Gasteiger partial charge in [0.15, 0.2) is 0 Å². The first kappa shape index (κ1) is 32.7. The topological polar surface area (TPSA) is 139 Å². The number of nitrogens with one attached hydrogen (secondary N) is 3. The summed E-state index contributed by atoms with van der Waals surface area (Å²) in [6.07, 6.45) is 9.84. The Bertz CT molecular complexity index is 1750. The molecule has 1 aromatic heterocycles. The lowest BCUT2D eigenvalue weighted by Gasteiger charge is -2.07. The van der Waals surface area contributed by atoms with Crippen LogP contribution in [0.5, 0.6) is 0 Å². The van der Waals surface area contributed by atoms with E-state index in [9.17, 15) is 19.2 Å². The Balaban J connectivity index is 1.85. The first-order valence-corrected chi connectivity index (χ1v) is 14.5. The van der Waals surface area contributed by atoms with Crippen molar-refractivity contribution in [3.8, 4) is 0 Å². The SMILES string of the molecule is C=CC1=C(C)/C(=C/C2=NC(=C\c3[nH]c(/C=C4\NC(=O)C(C)=C4C=C)c(C)c3CCC(=O)OC)/C(CCC(=O)OC)=C2C)NC1=O. The number of hydrogen-bond donors (Lipinski definition) is 3. The highest BCUT2D eigenvalue weighted by molar-refractivity contribution is 6.14. The molecule has 0 spiro atoms. The van der Waals surface area contributed by atoms with Crippen molar-refractivity contribution in [1.82, 2.24) is 15.6 Å². The number of carbonyl (C=O) groups excluding carboxylic acids is 4. The van der Waals surface area contributed by atoms with Crippen molar-refractivity contribution < 1.29 is 28.7 Å². The lowest BCUT2D eigenvalue weighted by Crippen LogP contribution is -2.16. The molecule has 45 heavy (non-hydrogen) atoms. The molecule has 0 aromatic carbocycles. The Kier molecular flexibility index (Phi) is 9.86. The molecule has 0 saturated carbocycles. The minimum Gasteiger partial charge on any atom is -0.469 e. The number of aromatic amines is 1. The first-order chi connectivity index (χ1) is 21.4. The average Bonchev–Trinajstić information content (AvgIpc) is 3.66. The summed E-state index contributed by atoms with van der Waals surface area (Å²) in [5, 5.41) is 5.76. The second-order valence-electron chi connectivity index (χ2n) is 10.8. The van der Waals surface area contributed by atoms with E-state index >= 15 is 0 Å². The van der Waals surface area contributed by atoms with Crippen LogP contribution in [-0.2, 0) is 35.1 Å². The average molecular weight is 611 g/mol. The summed E-state index contributed by atoms with van der Waals surface area (Å²) in [6, 6.07) is 0. The molecular formula is C35H38N4O6. The predicted molar refractivity (Wildman–Crippen MR) is 173 cm³/mol. The maximum absolute atomic E-state index is 12.4. The van der Waals surface area contributed by atoms with Crippen molar-refractivity contribution in [3.63, 3.8) is 0 Å². The summed E-state index contributed by atoms with van der Waals surface area (Å²) < 4.78 is 9.79. The second kappa shape index (κ2) is 13.6. The number of amides is 2. The van der Waals surface area contributed by atoms with Crippen LogP contribution in [0, 0.1) is 6.92 Å². The second-order valence-corrected chi connectivity index (χ2v) is 10.8. The van der Waals surface area contributed by atoms with Gasteiger partial charge >= 0.3 is 11.9 Å². The number of esters is 2. The smallest absolute Gasteiger partial charge is 0.305 e. The summed E-state index contributed by atoms with van der Waals surface area (Å²) >= 11 is 0. The molecule has 0 aliphatic carbocycles. The number of aliphatic imine (C=N–C) groups is 1. The quantitative estimate of drug-likeness (QED) is 0.302. The standard InChI is InChI=1S/C35H38N4O6/c1-9-22-21(6)34(42)39-29(22)16-27-20(5)25(12-14-33(41)45-8)31(37-27)17-30-24(11-13-32(40)44-7)19(4)26(36-30)15-28-18(3)23(10-2)35(43)38-28/h9-10,15-17,37H,1-2,11-14H2,3-8H3,(H,38,43)(H,39,42)/b28-15-,29-16-,30-17-. The highest BCUT2D eigenvalue weighted by Crippen LogP contribution is 2.35. The van der Waals surface area contributed by atoms with E-state index in [2.05, 4.69) is 28.8 Å². The van der Waals surface area contributed by atoms with Crippen LogP contribution in [0.1, 0.15) is 62.5 Å². The van der Waals surface area contributed by atoms with Gasteiger partial charge < -0.3 is 25.1 Å². The molecule has 4 heterocycles. The maximum Gasteiger partial charge on any atom is 0.305 e. The van der Waals surface area contributed by atoms with E-state index in [-0.39, 0.29) is 36.6 Å². The van der Waals surface area contributed by atoms with Gasteiger partial charge in [-0.25, -0.2) is 4.99 Å². The van der Waals surface area contributed by atoms with E-state index < -0.39 is 0 Å². The van der Waals surface area contributed by atoms with E-state index in [1.807, 2.05) is 39.0 Å². The minimum atomic E-state index is -0.345. The fraction of sp³-hybridized carbons (Fsp3) is 0.286. The van der Waals surface area contributed by atoms with Gasteiger partial charge in [-0.1, -0.05) is 25.3 Å². The molecule has 0 atom stereocenters. The molecule has 234 valence electrons. The van der Waals surface area contributed by atoms with Crippen LogP contribution in [0.25, 0.3) is 12.2 Å². The van der Waals surface area contributed by atoms with E-state index in [1.165, 1.54) is 20.3 Å². The lowest BCUT2D eigenvalue weighted by molar-refractivity contribution is -0.141. The van der Waals surface area contributed by atoms with Crippen molar-refractivity contribution in [1.29, 1.82) is 0 Å². The van der Waals surface area contributed by atoms with Crippen LogP contribution in [0.2, 0.25) is 0 Å². The van der Waals surface area contributed by atoms with Crippen LogP contribution in [0.15, 0.2) is 86.9 Å². The number of carbonyl (C=O) groups is 4. The van der Waals surface area contributed by atoms with Crippen LogP contribution in [0.3, 0.4) is 0 Å². The van der Waals surface area contributed by atoms with Crippen LogP contribution in [-0.4, -0.2) is 48.7 Å². The van der Waals surface area contributed by atoms with E-state index in [0.29, 0.717) is 46.8 Å². The number of nitrogens with zero attached hydrogens (tertiary/aromatic N) is 1. The number of aromatic nitrogens is 1. The molecule has 0 saturated heterocycles. The fourth-order valence-corrected chi connectivity index (χ4v) is 5.52. The first-order valence-electron chi connectivity index (χ1n) is 14.5. The maximum atomic E-state index is 12.4. The zero-order chi connectivity index (χ0) is 33.0. The molecule has 1 aromatic rings. The molecule has 3 aliphatic rings. The number of allylic oxidation sites excluding steroid dienone is 5. The molecule has 4 rings (SSSR count). The molecule has 0 unspecified atom stereocenters. The minimum absolute atomic E-state index is 0.155. The Morgan fingerprint density at radius 2 is 1.38 bits per heavy atom. The van der Waals surface area contributed by atoms with Crippen molar-refractivity contribution in [2.24, 2.45) is 4.99 Å². The van der Waals surface area contributed by atoms with Crippen molar-refractivity contribution in [2.45, 2.75) is 53.4 Å². The van der Waals surface area contributed by atoms with E-state index in [4.69, 9.17) is 14.5 Å². The number of methoxy groups -OCH3 is 2. The lowest BCUT2D eigenvalue weighted by atomic mass is 9.98. The zero-order valence-electron chi connectivity index (χ0n) is 26.5. The molecule has 0 bridgehead atoms. The van der Waals surface area contributed by atoms with Crippen LogP contribution in [0.4, 0.5) is 0 Å². The third-order valence-corrected chi connectivity index (χ3v) is 8.29. The largest absolute Gasteiger partial charge is 0.469 e. The van der Waals surface area contributed by atoms with E-state index in [1.54, 1.807) is 13.0 Å². The highest BCUT2D eigenvalue weighted by Gasteiger charge is 2.27. The van der Waals surface area contributed by atoms with Crippen molar-refractivity contribution in [2.75, 3.05) is 14.2 Å². The van der Waals surface area contributed by atoms with Gasteiger partial charge in [-0.2, -0.15) is 0 Å². The Morgan fingerprint density at radius 1 is 0.756 bits per heavy atom. The third-order valence-electron chi connectivity index (χ3n) is 8.29. The molecule has 2 amide bonds. The molecule has 3 aliphatic heterocycles.